The Morgan fingerprint density at radius 3 is 2.72 bits per heavy atom. The van der Waals surface area contributed by atoms with Gasteiger partial charge in [-0.2, -0.15) is 5.10 Å². The summed E-state index contributed by atoms with van der Waals surface area (Å²) >= 11 is 0. The molecule has 0 bridgehead atoms. The molecule has 1 fully saturated rings. The fourth-order valence-electron chi connectivity index (χ4n) is 3.37. The number of aryl methyl sites for hydroxylation is 1. The van der Waals surface area contributed by atoms with E-state index >= 15 is 0 Å². The first kappa shape index (κ1) is 17.5. The predicted octanol–water partition coefficient (Wildman–Crippen LogP) is 2.11. The standard InChI is InChI=1S/C19H27N5O/c1-21(2)16-8-5-7-15(13-16)14-22(3)17-9-6-11-24(19(17)25)18-10-12-23(4)20-18/h5,7-8,10,12-13,17H,6,9,11,14H2,1-4H3/t17-/m1/s1. The van der Waals surface area contributed by atoms with Crippen LogP contribution in [0.15, 0.2) is 36.5 Å². The number of carbonyl (C=O) groups is 1. The fourth-order valence-corrected chi connectivity index (χ4v) is 3.37. The van der Waals surface area contributed by atoms with Crippen molar-refractivity contribution in [1.29, 1.82) is 0 Å². The Morgan fingerprint density at radius 1 is 1.24 bits per heavy atom. The summed E-state index contributed by atoms with van der Waals surface area (Å²) in [5.41, 5.74) is 2.40. The van der Waals surface area contributed by atoms with Gasteiger partial charge >= 0.3 is 0 Å². The molecule has 0 saturated carbocycles. The summed E-state index contributed by atoms with van der Waals surface area (Å²) in [7, 11) is 7.99. The molecule has 1 aromatic heterocycles. The number of hydrogen-bond donors (Lipinski definition) is 0. The molecule has 2 aromatic rings. The van der Waals surface area contributed by atoms with Crippen LogP contribution in [0.4, 0.5) is 11.5 Å². The van der Waals surface area contributed by atoms with Gasteiger partial charge in [-0.05, 0) is 37.6 Å². The number of hydrogen-bond acceptors (Lipinski definition) is 4. The lowest BCUT2D eigenvalue weighted by atomic mass is 10.0. The van der Waals surface area contributed by atoms with Gasteiger partial charge in [0.15, 0.2) is 5.82 Å². The monoisotopic (exact) mass is 341 g/mol. The Kier molecular flexibility index (Phi) is 5.08. The van der Waals surface area contributed by atoms with Gasteiger partial charge in [-0.15, -0.1) is 0 Å². The molecule has 1 aliphatic rings. The van der Waals surface area contributed by atoms with E-state index in [-0.39, 0.29) is 11.9 Å². The molecule has 0 N–H and O–H groups in total. The molecule has 1 aromatic carbocycles. The number of anilines is 2. The third-order valence-electron chi connectivity index (χ3n) is 4.78. The van der Waals surface area contributed by atoms with E-state index in [4.69, 9.17) is 0 Å². The van der Waals surface area contributed by atoms with Crippen molar-refractivity contribution in [3.05, 3.63) is 42.1 Å². The first-order chi connectivity index (χ1) is 12.0. The number of carbonyl (C=O) groups excluding carboxylic acids is 1. The Hall–Kier alpha value is -2.34. The van der Waals surface area contributed by atoms with Gasteiger partial charge in [0.05, 0.1) is 6.04 Å². The van der Waals surface area contributed by atoms with Gasteiger partial charge in [0.25, 0.3) is 0 Å². The Bertz CT molecular complexity index is 739. The molecule has 0 unspecified atom stereocenters. The van der Waals surface area contributed by atoms with Crippen molar-refractivity contribution in [3.8, 4) is 0 Å². The van der Waals surface area contributed by atoms with E-state index in [1.165, 1.54) is 11.3 Å². The smallest absolute Gasteiger partial charge is 0.245 e. The average molecular weight is 341 g/mol. The van der Waals surface area contributed by atoms with Gasteiger partial charge in [-0.3, -0.25) is 19.3 Å². The van der Waals surface area contributed by atoms with Crippen molar-refractivity contribution >= 4 is 17.4 Å². The topological polar surface area (TPSA) is 44.6 Å². The molecule has 2 heterocycles. The van der Waals surface area contributed by atoms with Gasteiger partial charge in [0, 0.05) is 52.2 Å². The number of amides is 1. The Labute approximate surface area is 149 Å². The highest BCUT2D eigenvalue weighted by molar-refractivity contribution is 5.97. The summed E-state index contributed by atoms with van der Waals surface area (Å²) in [5, 5.41) is 4.39. The van der Waals surface area contributed by atoms with E-state index in [0.717, 1.165) is 31.7 Å². The third kappa shape index (κ3) is 3.85. The number of rotatable bonds is 5. The van der Waals surface area contributed by atoms with E-state index < -0.39 is 0 Å². The van der Waals surface area contributed by atoms with Crippen LogP contribution < -0.4 is 9.80 Å². The molecule has 134 valence electrons. The minimum Gasteiger partial charge on any atom is -0.378 e. The largest absolute Gasteiger partial charge is 0.378 e. The van der Waals surface area contributed by atoms with Crippen LogP contribution in [-0.2, 0) is 18.4 Å². The third-order valence-corrected chi connectivity index (χ3v) is 4.78. The van der Waals surface area contributed by atoms with Crippen molar-refractivity contribution in [1.82, 2.24) is 14.7 Å². The molecule has 0 radical (unpaired) electrons. The quantitative estimate of drug-likeness (QED) is 0.836. The van der Waals surface area contributed by atoms with Crippen LogP contribution in [0.3, 0.4) is 0 Å². The highest BCUT2D eigenvalue weighted by Crippen LogP contribution is 2.23. The van der Waals surface area contributed by atoms with Gasteiger partial charge in [0.2, 0.25) is 5.91 Å². The molecule has 0 spiro atoms. The average Bonchev–Trinajstić information content (AvgIpc) is 3.01. The van der Waals surface area contributed by atoms with Crippen LogP contribution in [0.5, 0.6) is 0 Å². The van der Waals surface area contributed by atoms with E-state index in [2.05, 4.69) is 39.2 Å². The van der Waals surface area contributed by atoms with Gasteiger partial charge in [-0.25, -0.2) is 0 Å². The second-order valence-corrected chi connectivity index (χ2v) is 6.97. The van der Waals surface area contributed by atoms with Gasteiger partial charge < -0.3 is 4.90 Å². The van der Waals surface area contributed by atoms with E-state index in [1.54, 1.807) is 4.68 Å². The van der Waals surface area contributed by atoms with E-state index in [0.29, 0.717) is 0 Å². The summed E-state index contributed by atoms with van der Waals surface area (Å²) in [5.74, 6) is 0.899. The van der Waals surface area contributed by atoms with Crippen molar-refractivity contribution < 1.29 is 4.79 Å². The SMILES string of the molecule is CN(C)c1cccc(CN(C)[C@@H]2CCCN(c3ccn(C)n3)C2=O)c1. The number of aromatic nitrogens is 2. The maximum Gasteiger partial charge on any atom is 0.245 e. The number of likely N-dealkylation sites (N-methyl/N-ethyl adjacent to an activating group) is 1. The normalized spacial score (nSPS) is 18.0. The highest BCUT2D eigenvalue weighted by Gasteiger charge is 2.33. The lowest BCUT2D eigenvalue weighted by Crippen LogP contribution is -2.51. The molecule has 1 amide bonds. The van der Waals surface area contributed by atoms with Crippen LogP contribution in [0, 0.1) is 0 Å². The fraction of sp³-hybridized carbons (Fsp3) is 0.474. The molecule has 6 heteroatoms. The molecule has 25 heavy (non-hydrogen) atoms. The molecule has 6 nitrogen and oxygen atoms in total. The van der Waals surface area contributed by atoms with Gasteiger partial charge in [-0.1, -0.05) is 12.1 Å². The van der Waals surface area contributed by atoms with Crippen LogP contribution in [0.25, 0.3) is 0 Å². The molecule has 1 saturated heterocycles. The minimum absolute atomic E-state index is 0.0984. The van der Waals surface area contributed by atoms with Crippen molar-refractivity contribution in [3.63, 3.8) is 0 Å². The van der Waals surface area contributed by atoms with Crippen LogP contribution >= 0.6 is 0 Å². The number of nitrogens with zero attached hydrogens (tertiary/aromatic N) is 5. The zero-order valence-corrected chi connectivity index (χ0v) is 15.5. The molecular weight excluding hydrogens is 314 g/mol. The maximum atomic E-state index is 13.0. The van der Waals surface area contributed by atoms with Crippen LogP contribution in [0.1, 0.15) is 18.4 Å². The highest BCUT2D eigenvalue weighted by atomic mass is 16.2. The molecular formula is C19H27N5O. The lowest BCUT2D eigenvalue weighted by molar-refractivity contribution is -0.125. The first-order valence-corrected chi connectivity index (χ1v) is 8.73. The maximum absolute atomic E-state index is 13.0. The number of benzene rings is 1. The minimum atomic E-state index is -0.0984. The van der Waals surface area contributed by atoms with Crippen molar-refractivity contribution in [2.75, 3.05) is 37.5 Å². The van der Waals surface area contributed by atoms with Crippen LogP contribution in [0.2, 0.25) is 0 Å². The zero-order chi connectivity index (χ0) is 18.0. The Morgan fingerprint density at radius 2 is 2.04 bits per heavy atom. The summed E-state index contributed by atoms with van der Waals surface area (Å²) in [6.07, 6.45) is 3.77. The molecule has 1 aliphatic heterocycles. The second-order valence-electron chi connectivity index (χ2n) is 6.97. The molecule has 3 rings (SSSR count). The van der Waals surface area contributed by atoms with E-state index in [9.17, 15) is 4.79 Å². The number of piperidine rings is 1. The zero-order valence-electron chi connectivity index (χ0n) is 15.5. The second kappa shape index (κ2) is 7.27. The summed E-state index contributed by atoms with van der Waals surface area (Å²) in [6.45, 7) is 1.50. The van der Waals surface area contributed by atoms with E-state index in [1.807, 2.05) is 45.4 Å². The Balaban J connectivity index is 1.72. The summed E-state index contributed by atoms with van der Waals surface area (Å²) in [6, 6.07) is 10.3. The molecule has 0 aliphatic carbocycles. The van der Waals surface area contributed by atoms with Gasteiger partial charge in [0.1, 0.15) is 0 Å². The first-order valence-electron chi connectivity index (χ1n) is 8.73. The predicted molar refractivity (Wildman–Crippen MR) is 101 cm³/mol. The van der Waals surface area contributed by atoms with Crippen molar-refractivity contribution in [2.24, 2.45) is 7.05 Å². The summed E-state index contributed by atoms with van der Waals surface area (Å²) < 4.78 is 1.74. The van der Waals surface area contributed by atoms with Crippen molar-refractivity contribution in [2.45, 2.75) is 25.4 Å². The lowest BCUT2D eigenvalue weighted by Gasteiger charge is -2.36. The van der Waals surface area contributed by atoms with Crippen LogP contribution in [-0.4, -0.2) is 54.3 Å². The summed E-state index contributed by atoms with van der Waals surface area (Å²) in [4.78, 5) is 19.0. The molecule has 1 atom stereocenters.